The second kappa shape index (κ2) is 10.7. The normalized spacial score (nSPS) is 16.1. The van der Waals surface area contributed by atoms with E-state index in [0.29, 0.717) is 11.5 Å². The van der Waals surface area contributed by atoms with Crippen LogP contribution in [-0.4, -0.2) is 38.1 Å². The quantitative estimate of drug-likeness (QED) is 0.651. The monoisotopic (exact) mass is 430 g/mol. The molecule has 0 saturated carbocycles. The topological polar surface area (TPSA) is 50.8 Å². The van der Waals surface area contributed by atoms with Crippen LogP contribution in [0.15, 0.2) is 42.5 Å². The maximum atomic E-state index is 12.9. The number of hydrogen-bond acceptors (Lipinski definition) is 4. The molecule has 2 aromatic rings. The molecule has 1 N–H and O–H groups in total. The minimum atomic E-state index is -0.0431. The molecule has 6 heteroatoms. The zero-order chi connectivity index (χ0) is 21.5. The van der Waals surface area contributed by atoms with Gasteiger partial charge in [0.05, 0.1) is 20.3 Å². The first-order valence-corrected chi connectivity index (χ1v) is 10.9. The number of nitrogens with one attached hydrogen (secondary N) is 1. The summed E-state index contributed by atoms with van der Waals surface area (Å²) in [5, 5.41) is 4.04. The lowest BCUT2D eigenvalue weighted by Gasteiger charge is -2.32. The van der Waals surface area contributed by atoms with Crippen molar-refractivity contribution in [3.05, 3.63) is 58.6 Å². The van der Waals surface area contributed by atoms with Crippen LogP contribution in [0.4, 0.5) is 0 Å². The van der Waals surface area contributed by atoms with Crippen molar-refractivity contribution in [1.82, 2.24) is 10.2 Å². The van der Waals surface area contributed by atoms with Crippen LogP contribution in [0.25, 0.3) is 0 Å². The molecule has 2 aromatic carbocycles. The van der Waals surface area contributed by atoms with E-state index in [4.69, 9.17) is 21.1 Å². The molecule has 1 unspecified atom stereocenters. The maximum absolute atomic E-state index is 12.9. The van der Waals surface area contributed by atoms with Crippen LogP contribution in [0.2, 0.25) is 5.02 Å². The van der Waals surface area contributed by atoms with Gasteiger partial charge in [0.2, 0.25) is 5.91 Å². The number of piperidine rings is 1. The molecule has 162 valence electrons. The fourth-order valence-corrected chi connectivity index (χ4v) is 4.20. The summed E-state index contributed by atoms with van der Waals surface area (Å²) < 4.78 is 10.7. The number of carbonyl (C=O) groups excluding carboxylic acids is 1. The molecular weight excluding hydrogens is 400 g/mol. The van der Waals surface area contributed by atoms with Crippen LogP contribution >= 0.6 is 11.6 Å². The van der Waals surface area contributed by atoms with Gasteiger partial charge in [-0.2, -0.15) is 0 Å². The van der Waals surface area contributed by atoms with E-state index < -0.39 is 0 Å². The van der Waals surface area contributed by atoms with Gasteiger partial charge in [0, 0.05) is 17.5 Å². The van der Waals surface area contributed by atoms with Crippen LogP contribution in [0.5, 0.6) is 11.5 Å². The van der Waals surface area contributed by atoms with Crippen molar-refractivity contribution in [1.29, 1.82) is 0 Å². The second-order valence-electron chi connectivity index (χ2n) is 7.73. The highest BCUT2D eigenvalue weighted by Gasteiger charge is 2.27. The third-order valence-electron chi connectivity index (χ3n) is 5.84. The van der Waals surface area contributed by atoms with E-state index in [0.717, 1.165) is 55.0 Å². The summed E-state index contributed by atoms with van der Waals surface area (Å²) in [6.07, 6.45) is 2.53. The molecule has 1 aliphatic heterocycles. The number of carbonyl (C=O) groups is 1. The zero-order valence-electron chi connectivity index (χ0n) is 18.0. The first kappa shape index (κ1) is 22.4. The molecule has 1 fully saturated rings. The first-order chi connectivity index (χ1) is 14.5. The van der Waals surface area contributed by atoms with E-state index in [1.807, 2.05) is 36.4 Å². The highest BCUT2D eigenvalue weighted by Crippen LogP contribution is 2.31. The third kappa shape index (κ3) is 5.46. The summed E-state index contributed by atoms with van der Waals surface area (Å²) in [7, 11) is 3.24. The maximum Gasteiger partial charge on any atom is 0.223 e. The highest BCUT2D eigenvalue weighted by atomic mass is 35.5. The zero-order valence-corrected chi connectivity index (χ0v) is 18.7. The number of nitrogens with zero attached hydrogens (tertiary/aromatic N) is 1. The van der Waals surface area contributed by atoms with Gasteiger partial charge in [-0.3, -0.25) is 9.69 Å². The van der Waals surface area contributed by atoms with Gasteiger partial charge in [-0.05, 0) is 61.7 Å². The van der Waals surface area contributed by atoms with Crippen LogP contribution in [-0.2, 0) is 11.3 Å². The number of methoxy groups -OCH3 is 2. The third-order valence-corrected chi connectivity index (χ3v) is 6.21. The van der Waals surface area contributed by atoms with E-state index in [1.54, 1.807) is 14.2 Å². The van der Waals surface area contributed by atoms with Crippen molar-refractivity contribution >= 4 is 17.5 Å². The van der Waals surface area contributed by atoms with Gasteiger partial charge in [-0.15, -0.1) is 0 Å². The Kier molecular flexibility index (Phi) is 8.00. The van der Waals surface area contributed by atoms with Gasteiger partial charge in [0.15, 0.2) is 11.5 Å². The molecule has 3 rings (SSSR count). The van der Waals surface area contributed by atoms with Crippen LogP contribution in [0.3, 0.4) is 0 Å². The first-order valence-electron chi connectivity index (χ1n) is 10.5. The lowest BCUT2D eigenvalue weighted by molar-refractivity contribution is -0.127. The fraction of sp³-hybridized carbons (Fsp3) is 0.458. The molecule has 0 radical (unpaired) electrons. The molecular formula is C24H31ClN2O3. The van der Waals surface area contributed by atoms with Gasteiger partial charge in [0.25, 0.3) is 0 Å². The molecule has 1 saturated heterocycles. The largest absolute Gasteiger partial charge is 0.493 e. The second-order valence-corrected chi connectivity index (χ2v) is 8.13. The van der Waals surface area contributed by atoms with Crippen molar-refractivity contribution in [2.45, 2.75) is 38.8 Å². The average Bonchev–Trinajstić information content (AvgIpc) is 2.78. The Labute approximate surface area is 184 Å². The molecule has 0 aliphatic carbocycles. The Morgan fingerprint density at radius 1 is 1.13 bits per heavy atom. The number of ether oxygens (including phenoxy) is 2. The molecule has 30 heavy (non-hydrogen) atoms. The molecule has 1 amide bonds. The standard InChI is InChI=1S/C24H31ClN2O3/c1-4-21(18-9-10-22(29-2)23(15-18)30-3)26-24(28)17-11-13-27(14-12-17)16-19-7-5-6-8-20(19)25/h5-10,15,17,21H,4,11-14,16H2,1-3H3,(H,26,28). The highest BCUT2D eigenvalue weighted by molar-refractivity contribution is 6.31. The lowest BCUT2D eigenvalue weighted by atomic mass is 9.94. The summed E-state index contributed by atoms with van der Waals surface area (Å²) in [5.74, 6) is 1.54. The summed E-state index contributed by atoms with van der Waals surface area (Å²) in [6.45, 7) is 4.71. The van der Waals surface area contributed by atoms with E-state index in [2.05, 4.69) is 23.2 Å². The Morgan fingerprint density at radius 2 is 1.83 bits per heavy atom. The molecule has 0 aromatic heterocycles. The van der Waals surface area contributed by atoms with Crippen LogP contribution in [0.1, 0.15) is 43.4 Å². The molecule has 1 heterocycles. The van der Waals surface area contributed by atoms with Gasteiger partial charge in [-0.1, -0.05) is 42.8 Å². The van der Waals surface area contributed by atoms with E-state index >= 15 is 0 Å². The molecule has 5 nitrogen and oxygen atoms in total. The summed E-state index contributed by atoms with van der Waals surface area (Å²) in [5.41, 5.74) is 2.17. The van der Waals surface area contributed by atoms with Gasteiger partial charge >= 0.3 is 0 Å². The Balaban J connectivity index is 1.56. The van der Waals surface area contributed by atoms with Crippen LogP contribution < -0.4 is 14.8 Å². The number of benzene rings is 2. The van der Waals surface area contributed by atoms with Crippen molar-refractivity contribution < 1.29 is 14.3 Å². The number of rotatable bonds is 8. The number of likely N-dealkylation sites (tertiary alicyclic amines) is 1. The fourth-order valence-electron chi connectivity index (χ4n) is 4.00. The number of amides is 1. The Hall–Kier alpha value is -2.24. The van der Waals surface area contributed by atoms with Gasteiger partial charge in [-0.25, -0.2) is 0 Å². The minimum absolute atomic E-state index is 0.0431. The Morgan fingerprint density at radius 3 is 2.47 bits per heavy atom. The van der Waals surface area contributed by atoms with Crippen molar-refractivity contribution in [3.63, 3.8) is 0 Å². The van der Waals surface area contributed by atoms with Crippen molar-refractivity contribution in [3.8, 4) is 11.5 Å². The SMILES string of the molecule is CCC(NC(=O)C1CCN(Cc2ccccc2Cl)CC1)c1ccc(OC)c(OC)c1. The van der Waals surface area contributed by atoms with Crippen molar-refractivity contribution in [2.24, 2.45) is 5.92 Å². The Bertz CT molecular complexity index is 850. The smallest absolute Gasteiger partial charge is 0.223 e. The van der Waals surface area contributed by atoms with Crippen LogP contribution in [0, 0.1) is 5.92 Å². The predicted octanol–water partition coefficient (Wildman–Crippen LogP) is 4.84. The summed E-state index contributed by atoms with van der Waals surface area (Å²) in [6, 6.07) is 13.7. The van der Waals surface area contributed by atoms with Gasteiger partial charge < -0.3 is 14.8 Å². The van der Waals surface area contributed by atoms with E-state index in [9.17, 15) is 4.79 Å². The van der Waals surface area contributed by atoms with Crippen molar-refractivity contribution in [2.75, 3.05) is 27.3 Å². The molecule has 1 atom stereocenters. The molecule has 0 bridgehead atoms. The summed E-state index contributed by atoms with van der Waals surface area (Å²) >= 11 is 6.29. The lowest BCUT2D eigenvalue weighted by Crippen LogP contribution is -2.41. The van der Waals surface area contributed by atoms with E-state index in [-0.39, 0.29) is 17.9 Å². The minimum Gasteiger partial charge on any atom is -0.493 e. The molecule has 1 aliphatic rings. The average molecular weight is 431 g/mol. The summed E-state index contributed by atoms with van der Waals surface area (Å²) in [4.78, 5) is 15.3. The number of halogens is 1. The van der Waals surface area contributed by atoms with Gasteiger partial charge in [0.1, 0.15) is 0 Å². The molecule has 0 spiro atoms. The predicted molar refractivity (Wildman–Crippen MR) is 120 cm³/mol. The van der Waals surface area contributed by atoms with E-state index in [1.165, 1.54) is 0 Å². The number of hydrogen-bond donors (Lipinski definition) is 1.